The Morgan fingerprint density at radius 2 is 2.25 bits per heavy atom. The molecule has 0 spiro atoms. The first kappa shape index (κ1) is 6.99. The number of carboxylic acid groups (broad SMARTS) is 1. The molecule has 0 aliphatic heterocycles. The van der Waals surface area contributed by atoms with E-state index < -0.39 is 5.97 Å². The van der Waals surface area contributed by atoms with Crippen molar-refractivity contribution in [1.29, 1.82) is 0 Å². The Labute approximate surface area is 47.5 Å². The third-order valence-corrected chi connectivity index (χ3v) is 0.467. The standard InChI is InChI=1S/C5H7NO2/c6-4-2-1-3-5(7)8/h3-4,6H2,(H,7,8). The number of hydrogen-bond donors (Lipinski definition) is 2. The maximum Gasteiger partial charge on any atom is 0.315 e. The van der Waals surface area contributed by atoms with Crippen molar-refractivity contribution in [1.82, 2.24) is 0 Å². The molecule has 0 fully saturated rings. The summed E-state index contributed by atoms with van der Waals surface area (Å²) in [5, 5.41) is 8.00. The van der Waals surface area contributed by atoms with Crippen molar-refractivity contribution in [3.63, 3.8) is 0 Å². The number of hydrogen-bond acceptors (Lipinski definition) is 2. The van der Waals surface area contributed by atoms with Crippen LogP contribution in [0.1, 0.15) is 6.42 Å². The molecule has 0 radical (unpaired) electrons. The topological polar surface area (TPSA) is 63.3 Å². The van der Waals surface area contributed by atoms with Gasteiger partial charge in [-0.1, -0.05) is 11.8 Å². The molecule has 44 valence electrons. The number of carboxylic acids is 1. The van der Waals surface area contributed by atoms with Gasteiger partial charge < -0.3 is 10.8 Å². The molecule has 0 aromatic heterocycles. The smallest absolute Gasteiger partial charge is 0.315 e. The van der Waals surface area contributed by atoms with Crippen LogP contribution in [0.2, 0.25) is 0 Å². The van der Waals surface area contributed by atoms with Gasteiger partial charge in [-0.3, -0.25) is 4.79 Å². The van der Waals surface area contributed by atoms with Gasteiger partial charge in [0.25, 0.3) is 0 Å². The van der Waals surface area contributed by atoms with E-state index in [9.17, 15) is 4.79 Å². The van der Waals surface area contributed by atoms with Gasteiger partial charge in [-0.15, -0.1) is 0 Å². The molecular formula is C5H7NO2. The van der Waals surface area contributed by atoms with Crippen LogP contribution in [0, 0.1) is 11.8 Å². The Kier molecular flexibility index (Phi) is 3.63. The van der Waals surface area contributed by atoms with Gasteiger partial charge in [-0.05, 0) is 0 Å². The summed E-state index contributed by atoms with van der Waals surface area (Å²) >= 11 is 0. The largest absolute Gasteiger partial charge is 0.481 e. The molecule has 0 aliphatic carbocycles. The first-order valence-corrected chi connectivity index (χ1v) is 2.15. The Bertz CT molecular complexity index is 131. The van der Waals surface area contributed by atoms with Gasteiger partial charge in [0.1, 0.15) is 6.42 Å². The van der Waals surface area contributed by atoms with Crippen molar-refractivity contribution in [2.45, 2.75) is 6.42 Å². The lowest BCUT2D eigenvalue weighted by Gasteiger charge is -1.75. The third kappa shape index (κ3) is 4.99. The molecule has 0 aliphatic rings. The average Bonchev–Trinajstić information content (AvgIpc) is 1.66. The first-order valence-electron chi connectivity index (χ1n) is 2.15. The molecule has 0 rings (SSSR count). The summed E-state index contributed by atoms with van der Waals surface area (Å²) in [6.45, 7) is 0.229. The van der Waals surface area contributed by atoms with Crippen molar-refractivity contribution in [3.8, 4) is 11.8 Å². The second-order valence-electron chi connectivity index (χ2n) is 1.13. The van der Waals surface area contributed by atoms with Crippen LogP contribution in [0.25, 0.3) is 0 Å². The zero-order chi connectivity index (χ0) is 6.41. The maximum absolute atomic E-state index is 9.73. The third-order valence-electron chi connectivity index (χ3n) is 0.467. The van der Waals surface area contributed by atoms with Gasteiger partial charge in [0.2, 0.25) is 0 Å². The second kappa shape index (κ2) is 4.16. The summed E-state index contributed by atoms with van der Waals surface area (Å²) in [4.78, 5) is 9.73. The lowest BCUT2D eigenvalue weighted by atomic mass is 10.4. The highest BCUT2D eigenvalue weighted by Gasteiger charge is 1.86. The molecule has 0 saturated carbocycles. The van der Waals surface area contributed by atoms with Crippen molar-refractivity contribution in [2.75, 3.05) is 6.54 Å². The van der Waals surface area contributed by atoms with E-state index in [1.165, 1.54) is 0 Å². The van der Waals surface area contributed by atoms with Crippen molar-refractivity contribution in [2.24, 2.45) is 5.73 Å². The molecule has 0 atom stereocenters. The first-order chi connectivity index (χ1) is 3.77. The fraction of sp³-hybridized carbons (Fsp3) is 0.400. The molecule has 0 bridgehead atoms. The van der Waals surface area contributed by atoms with Crippen molar-refractivity contribution in [3.05, 3.63) is 0 Å². The van der Waals surface area contributed by atoms with E-state index in [4.69, 9.17) is 10.8 Å². The van der Waals surface area contributed by atoms with Crippen LogP contribution in [0.15, 0.2) is 0 Å². The molecule has 8 heavy (non-hydrogen) atoms. The van der Waals surface area contributed by atoms with Crippen molar-refractivity contribution < 1.29 is 9.90 Å². The van der Waals surface area contributed by atoms with Gasteiger partial charge in [-0.25, -0.2) is 0 Å². The van der Waals surface area contributed by atoms with Crippen LogP contribution in [-0.4, -0.2) is 17.6 Å². The zero-order valence-corrected chi connectivity index (χ0v) is 4.35. The average molecular weight is 113 g/mol. The minimum absolute atomic E-state index is 0.114. The number of carbonyl (C=O) groups is 1. The van der Waals surface area contributed by atoms with E-state index >= 15 is 0 Å². The molecular weight excluding hydrogens is 106 g/mol. The molecule has 3 heteroatoms. The molecule has 0 amide bonds. The van der Waals surface area contributed by atoms with E-state index in [0.717, 1.165) is 0 Å². The Hall–Kier alpha value is -1.01. The highest BCUT2D eigenvalue weighted by atomic mass is 16.4. The minimum atomic E-state index is -0.911. The predicted molar refractivity (Wildman–Crippen MR) is 29.1 cm³/mol. The number of aliphatic carboxylic acids is 1. The molecule has 0 heterocycles. The van der Waals surface area contributed by atoms with E-state index in [-0.39, 0.29) is 13.0 Å². The van der Waals surface area contributed by atoms with Crippen molar-refractivity contribution >= 4 is 5.97 Å². The predicted octanol–water partition coefficient (Wildman–Crippen LogP) is -0.577. The summed E-state index contributed by atoms with van der Waals surface area (Å²) in [5.74, 6) is 3.88. The fourth-order valence-electron chi connectivity index (χ4n) is 0.210. The molecule has 0 aromatic rings. The maximum atomic E-state index is 9.73. The summed E-state index contributed by atoms with van der Waals surface area (Å²) in [6, 6.07) is 0. The van der Waals surface area contributed by atoms with Crippen LogP contribution < -0.4 is 5.73 Å². The van der Waals surface area contributed by atoms with Gasteiger partial charge in [-0.2, -0.15) is 0 Å². The van der Waals surface area contributed by atoms with Gasteiger partial charge in [0, 0.05) is 0 Å². The molecule has 0 saturated heterocycles. The fourth-order valence-corrected chi connectivity index (χ4v) is 0.210. The zero-order valence-electron chi connectivity index (χ0n) is 4.35. The highest BCUT2D eigenvalue weighted by molar-refractivity contribution is 5.69. The quantitative estimate of drug-likeness (QED) is 0.447. The highest BCUT2D eigenvalue weighted by Crippen LogP contribution is 1.70. The lowest BCUT2D eigenvalue weighted by Crippen LogP contribution is -1.95. The van der Waals surface area contributed by atoms with E-state index in [0.29, 0.717) is 0 Å². The number of nitrogens with two attached hydrogens (primary N) is 1. The van der Waals surface area contributed by atoms with Gasteiger partial charge in [0.05, 0.1) is 6.54 Å². The van der Waals surface area contributed by atoms with Crippen LogP contribution in [-0.2, 0) is 4.79 Å². The molecule has 3 N–H and O–H groups in total. The van der Waals surface area contributed by atoms with E-state index in [2.05, 4.69) is 11.8 Å². The summed E-state index contributed by atoms with van der Waals surface area (Å²) in [6.07, 6.45) is -0.114. The van der Waals surface area contributed by atoms with E-state index in [1.54, 1.807) is 0 Å². The van der Waals surface area contributed by atoms with Gasteiger partial charge in [0.15, 0.2) is 0 Å². The summed E-state index contributed by atoms with van der Waals surface area (Å²) in [7, 11) is 0. The van der Waals surface area contributed by atoms with Crippen LogP contribution in [0.5, 0.6) is 0 Å². The van der Waals surface area contributed by atoms with Crippen LogP contribution in [0.4, 0.5) is 0 Å². The van der Waals surface area contributed by atoms with Crippen LogP contribution >= 0.6 is 0 Å². The SMILES string of the molecule is NCC#CCC(=O)O. The van der Waals surface area contributed by atoms with Gasteiger partial charge >= 0.3 is 5.97 Å². The minimum Gasteiger partial charge on any atom is -0.481 e. The molecule has 0 aromatic carbocycles. The Morgan fingerprint density at radius 1 is 1.62 bits per heavy atom. The molecule has 3 nitrogen and oxygen atoms in total. The second-order valence-corrected chi connectivity index (χ2v) is 1.13. The summed E-state index contributed by atoms with van der Waals surface area (Å²) in [5.41, 5.74) is 4.95. The Balaban J connectivity index is 3.29. The Morgan fingerprint density at radius 3 is 2.62 bits per heavy atom. The van der Waals surface area contributed by atoms with Crippen LogP contribution in [0.3, 0.4) is 0 Å². The lowest BCUT2D eigenvalue weighted by molar-refractivity contribution is -0.135. The normalized spacial score (nSPS) is 7.12. The monoisotopic (exact) mass is 113 g/mol. The summed E-state index contributed by atoms with van der Waals surface area (Å²) < 4.78 is 0. The number of rotatable bonds is 1. The molecule has 0 unspecified atom stereocenters. The van der Waals surface area contributed by atoms with E-state index in [1.807, 2.05) is 0 Å².